The first kappa shape index (κ1) is 10.2. The van der Waals surface area contributed by atoms with Crippen molar-refractivity contribution in [2.45, 2.75) is 18.7 Å². The third-order valence-corrected chi connectivity index (χ3v) is 3.23. The van der Waals surface area contributed by atoms with Gasteiger partial charge in [-0.05, 0) is 13.0 Å². The van der Waals surface area contributed by atoms with Gasteiger partial charge in [0.1, 0.15) is 5.76 Å². The molecule has 0 aliphatic rings. The highest BCUT2D eigenvalue weighted by molar-refractivity contribution is 7.99. The zero-order valence-electron chi connectivity index (χ0n) is 7.83. The minimum Gasteiger partial charge on any atom is -0.468 e. The maximum atomic E-state index is 7.22. The molecular weight excluding hydrogens is 184 g/mol. The van der Waals surface area contributed by atoms with E-state index in [1.54, 1.807) is 18.0 Å². The van der Waals surface area contributed by atoms with Gasteiger partial charge in [0.25, 0.3) is 0 Å². The van der Waals surface area contributed by atoms with Gasteiger partial charge in [-0.25, -0.2) is 0 Å². The highest BCUT2D eigenvalue weighted by atomic mass is 32.2. The Morgan fingerprint density at radius 1 is 1.77 bits per heavy atom. The lowest BCUT2D eigenvalue weighted by Gasteiger charge is -2.07. The van der Waals surface area contributed by atoms with E-state index in [2.05, 4.69) is 0 Å². The van der Waals surface area contributed by atoms with E-state index in [9.17, 15) is 0 Å². The van der Waals surface area contributed by atoms with Crippen LogP contribution in [0.5, 0.6) is 0 Å². The van der Waals surface area contributed by atoms with Crippen LogP contribution in [0.1, 0.15) is 12.7 Å². The van der Waals surface area contributed by atoms with Crippen molar-refractivity contribution in [2.24, 2.45) is 11.7 Å². The summed E-state index contributed by atoms with van der Waals surface area (Å²) in [7, 11) is 0. The maximum absolute atomic E-state index is 7.22. The van der Waals surface area contributed by atoms with E-state index in [4.69, 9.17) is 15.6 Å². The molecule has 0 aliphatic carbocycles. The Balaban J connectivity index is 2.44. The zero-order chi connectivity index (χ0) is 9.84. The maximum Gasteiger partial charge on any atom is 0.114 e. The van der Waals surface area contributed by atoms with Crippen LogP contribution in [0.4, 0.5) is 0 Å². The molecule has 72 valence electrons. The van der Waals surface area contributed by atoms with Gasteiger partial charge in [0, 0.05) is 16.6 Å². The van der Waals surface area contributed by atoms with Crippen molar-refractivity contribution in [1.82, 2.24) is 0 Å². The summed E-state index contributed by atoms with van der Waals surface area (Å²) in [5.74, 6) is 2.13. The second-order valence-corrected chi connectivity index (χ2v) is 4.07. The lowest BCUT2D eigenvalue weighted by Crippen LogP contribution is -2.21. The molecule has 0 saturated heterocycles. The Kier molecular flexibility index (Phi) is 3.42. The second kappa shape index (κ2) is 4.37. The fourth-order valence-electron chi connectivity index (χ4n) is 0.828. The zero-order valence-corrected chi connectivity index (χ0v) is 8.65. The molecule has 0 saturated carbocycles. The number of hydrogen-bond acceptors (Lipinski definition) is 3. The van der Waals surface area contributed by atoms with Crippen LogP contribution in [0.2, 0.25) is 0 Å². The number of rotatable bonds is 4. The Bertz CT molecular complexity index is 296. The summed E-state index contributed by atoms with van der Waals surface area (Å²) in [5, 5.41) is 7.22. The van der Waals surface area contributed by atoms with Gasteiger partial charge >= 0.3 is 0 Å². The number of amidine groups is 1. The predicted octanol–water partition coefficient (Wildman–Crippen LogP) is 2.25. The summed E-state index contributed by atoms with van der Waals surface area (Å²) in [6.07, 6.45) is 1.68. The van der Waals surface area contributed by atoms with Crippen LogP contribution < -0.4 is 5.73 Å². The molecular formula is C9H14N2OS. The number of hydrogen-bond donors (Lipinski definition) is 2. The Hall–Kier alpha value is -0.900. The van der Waals surface area contributed by atoms with Crippen molar-refractivity contribution in [1.29, 1.82) is 5.41 Å². The van der Waals surface area contributed by atoms with Crippen LogP contribution in [-0.2, 0) is 0 Å². The SMILES string of the molecule is Cc1occc1SCC(C)C(=N)N. The highest BCUT2D eigenvalue weighted by Gasteiger charge is 2.08. The third kappa shape index (κ3) is 2.81. The quantitative estimate of drug-likeness (QED) is 0.443. The largest absolute Gasteiger partial charge is 0.468 e. The van der Waals surface area contributed by atoms with Gasteiger partial charge in [0.2, 0.25) is 0 Å². The van der Waals surface area contributed by atoms with Crippen LogP contribution in [0.15, 0.2) is 21.6 Å². The monoisotopic (exact) mass is 198 g/mol. The summed E-state index contributed by atoms with van der Waals surface area (Å²) in [6, 6.07) is 1.94. The molecule has 3 nitrogen and oxygen atoms in total. The molecule has 1 atom stereocenters. The molecule has 0 radical (unpaired) electrons. The van der Waals surface area contributed by atoms with E-state index in [-0.39, 0.29) is 11.8 Å². The smallest absolute Gasteiger partial charge is 0.114 e. The first-order valence-electron chi connectivity index (χ1n) is 4.12. The molecule has 1 rings (SSSR count). The van der Waals surface area contributed by atoms with Gasteiger partial charge in [0.05, 0.1) is 12.1 Å². The topological polar surface area (TPSA) is 63.0 Å². The van der Waals surface area contributed by atoms with Crippen LogP contribution >= 0.6 is 11.8 Å². The normalized spacial score (nSPS) is 12.8. The Labute approximate surface area is 82.2 Å². The van der Waals surface area contributed by atoms with E-state index < -0.39 is 0 Å². The fourth-order valence-corrected chi connectivity index (χ4v) is 1.84. The summed E-state index contributed by atoms with van der Waals surface area (Å²) >= 11 is 1.68. The molecule has 13 heavy (non-hydrogen) atoms. The van der Waals surface area contributed by atoms with Gasteiger partial charge in [-0.1, -0.05) is 6.92 Å². The van der Waals surface area contributed by atoms with Crippen LogP contribution in [0.3, 0.4) is 0 Å². The molecule has 1 aromatic rings. The first-order chi connectivity index (χ1) is 6.11. The van der Waals surface area contributed by atoms with Gasteiger partial charge in [0.15, 0.2) is 0 Å². The molecule has 0 amide bonds. The average Bonchev–Trinajstić information content (AvgIpc) is 2.47. The molecule has 0 fully saturated rings. The van der Waals surface area contributed by atoms with E-state index in [1.807, 2.05) is 19.9 Å². The Morgan fingerprint density at radius 3 is 2.92 bits per heavy atom. The molecule has 0 aliphatic heterocycles. The first-order valence-corrected chi connectivity index (χ1v) is 5.10. The van der Waals surface area contributed by atoms with E-state index in [1.165, 1.54) is 0 Å². The van der Waals surface area contributed by atoms with Gasteiger partial charge in [-0.15, -0.1) is 11.8 Å². The van der Waals surface area contributed by atoms with Crippen molar-refractivity contribution < 1.29 is 4.42 Å². The molecule has 3 N–H and O–H groups in total. The van der Waals surface area contributed by atoms with Crippen molar-refractivity contribution in [3.63, 3.8) is 0 Å². The van der Waals surface area contributed by atoms with Crippen LogP contribution in [0.25, 0.3) is 0 Å². The molecule has 1 unspecified atom stereocenters. The molecule has 0 aromatic carbocycles. The number of thioether (sulfide) groups is 1. The van der Waals surface area contributed by atoms with Crippen molar-refractivity contribution in [2.75, 3.05) is 5.75 Å². The summed E-state index contributed by atoms with van der Waals surface area (Å²) in [4.78, 5) is 1.13. The lowest BCUT2D eigenvalue weighted by atomic mass is 10.2. The molecule has 1 heterocycles. The second-order valence-electron chi connectivity index (χ2n) is 3.01. The van der Waals surface area contributed by atoms with Crippen molar-refractivity contribution in [3.05, 3.63) is 18.1 Å². The summed E-state index contributed by atoms with van der Waals surface area (Å²) < 4.78 is 5.15. The molecule has 0 bridgehead atoms. The highest BCUT2D eigenvalue weighted by Crippen LogP contribution is 2.24. The van der Waals surface area contributed by atoms with Crippen molar-refractivity contribution >= 4 is 17.6 Å². The number of nitrogens with one attached hydrogen (secondary N) is 1. The van der Waals surface area contributed by atoms with Crippen LogP contribution in [0, 0.1) is 18.3 Å². The summed E-state index contributed by atoms with van der Waals surface area (Å²) in [6.45, 7) is 3.88. The lowest BCUT2D eigenvalue weighted by molar-refractivity contribution is 0.527. The minimum absolute atomic E-state index is 0.124. The van der Waals surface area contributed by atoms with Gasteiger partial charge in [-0.3, -0.25) is 5.41 Å². The van der Waals surface area contributed by atoms with Crippen LogP contribution in [-0.4, -0.2) is 11.6 Å². The van der Waals surface area contributed by atoms with E-state index >= 15 is 0 Å². The van der Waals surface area contributed by atoms with Crippen molar-refractivity contribution in [3.8, 4) is 0 Å². The van der Waals surface area contributed by atoms with E-state index in [0.29, 0.717) is 0 Å². The third-order valence-electron chi connectivity index (χ3n) is 1.83. The fraction of sp³-hybridized carbons (Fsp3) is 0.444. The van der Waals surface area contributed by atoms with Gasteiger partial charge in [-0.2, -0.15) is 0 Å². The molecule has 1 aromatic heterocycles. The van der Waals surface area contributed by atoms with Gasteiger partial charge < -0.3 is 10.2 Å². The molecule has 0 spiro atoms. The minimum atomic E-state index is 0.124. The average molecular weight is 198 g/mol. The number of furan rings is 1. The predicted molar refractivity (Wildman–Crippen MR) is 55.2 cm³/mol. The number of nitrogens with two attached hydrogens (primary N) is 1. The Morgan fingerprint density at radius 2 is 2.46 bits per heavy atom. The summed E-state index contributed by atoms with van der Waals surface area (Å²) in [5.41, 5.74) is 5.36. The molecule has 4 heteroatoms. The standard InChI is InChI=1S/C9H14N2OS/c1-6(9(10)11)5-13-8-3-4-12-7(8)2/h3-4,6H,5H2,1-2H3,(H3,10,11). The number of aryl methyl sites for hydroxylation is 1. The van der Waals surface area contributed by atoms with E-state index in [0.717, 1.165) is 16.4 Å².